The van der Waals surface area contributed by atoms with Gasteiger partial charge in [-0.1, -0.05) is 160 Å². The molecule has 0 unspecified atom stereocenters. The van der Waals surface area contributed by atoms with Crippen LogP contribution in [0.15, 0.2) is 140 Å². The molecule has 8 aromatic carbocycles. The van der Waals surface area contributed by atoms with E-state index in [4.69, 9.17) is 17.0 Å². The number of halogens is 2. The van der Waals surface area contributed by atoms with Gasteiger partial charge in [-0.3, -0.25) is 0 Å². The number of benzene rings is 6. The minimum Gasteiger partial charge on any atom is -0.184 e. The van der Waals surface area contributed by atoms with Gasteiger partial charge in [0, 0.05) is 0 Å². The summed E-state index contributed by atoms with van der Waals surface area (Å²) in [6.07, 6.45) is 6.97. The smallest absolute Gasteiger partial charge is 0.0920 e. The molecule has 0 saturated heterocycles. The Morgan fingerprint density at radius 2 is 1.00 bits per heavy atom. The van der Waals surface area contributed by atoms with Crippen LogP contribution in [0.5, 0.6) is 0 Å². The Bertz CT molecular complexity index is 2490. The Balaban J connectivity index is 0.000000155. The fourth-order valence-corrected chi connectivity index (χ4v) is 10.3. The van der Waals surface area contributed by atoms with Crippen LogP contribution in [0, 0.1) is 31.7 Å². The summed E-state index contributed by atoms with van der Waals surface area (Å²) in [5, 5.41) is 8.46. The van der Waals surface area contributed by atoms with E-state index in [1.54, 1.807) is 0 Å². The summed E-state index contributed by atoms with van der Waals surface area (Å²) in [6.45, 7) is 18.2. The second kappa shape index (κ2) is 23.2. The number of hydrogen-bond acceptors (Lipinski definition) is 0. The molecule has 0 spiro atoms. The van der Waals surface area contributed by atoms with E-state index in [0.29, 0.717) is 11.8 Å². The van der Waals surface area contributed by atoms with E-state index in [1.165, 1.54) is 112 Å². The van der Waals surface area contributed by atoms with Crippen LogP contribution in [0.1, 0.15) is 87.8 Å². The molecule has 1 heterocycles. The maximum atomic E-state index is 4.93. The van der Waals surface area contributed by atoms with Gasteiger partial charge in [0.1, 0.15) is 0 Å². The van der Waals surface area contributed by atoms with Crippen molar-refractivity contribution in [3.8, 4) is 33.4 Å². The maximum Gasteiger partial charge on any atom is 0.0920 e. The summed E-state index contributed by atoms with van der Waals surface area (Å²) in [7, 11) is 10.7. The van der Waals surface area contributed by atoms with Gasteiger partial charge in [0.25, 0.3) is 0 Å². The molecule has 0 saturated carbocycles. The second-order valence-corrected chi connectivity index (χ2v) is 22.5. The summed E-state index contributed by atoms with van der Waals surface area (Å²) in [4.78, 5) is 0. The molecule has 0 bridgehead atoms. The van der Waals surface area contributed by atoms with Gasteiger partial charge in [0.2, 0.25) is 0 Å². The Morgan fingerprint density at radius 3 is 1.45 bits per heavy atom. The van der Waals surface area contributed by atoms with Gasteiger partial charge in [-0.15, -0.1) is 74.6 Å². The van der Waals surface area contributed by atoms with Gasteiger partial charge < -0.3 is 0 Å². The minimum atomic E-state index is -0.826. The molecular weight excluding hydrogens is 887 g/mol. The van der Waals surface area contributed by atoms with Crippen LogP contribution in [0.3, 0.4) is 0 Å². The third-order valence-corrected chi connectivity index (χ3v) is 12.9. The molecule has 0 amide bonds. The third-order valence-electron chi connectivity index (χ3n) is 11.6. The second-order valence-electron chi connectivity index (χ2n) is 17.5. The normalized spacial score (nSPS) is 11.4. The van der Waals surface area contributed by atoms with E-state index in [-0.39, 0.29) is 0 Å². The third kappa shape index (κ3) is 11.9. The zero-order valence-electron chi connectivity index (χ0n) is 37.9. The van der Waals surface area contributed by atoms with E-state index in [2.05, 4.69) is 195 Å². The summed E-state index contributed by atoms with van der Waals surface area (Å²) in [6, 6.07) is 54.7. The van der Waals surface area contributed by atoms with Crippen LogP contribution in [-0.2, 0) is 46.5 Å². The molecule has 1 aliphatic heterocycles. The number of aryl methyl sites for hydroxylation is 4. The Hall–Kier alpha value is -3.78. The van der Waals surface area contributed by atoms with Crippen LogP contribution in [0.25, 0.3) is 54.9 Å². The first kappa shape index (κ1) is 47.7. The molecule has 4 heteroatoms. The van der Waals surface area contributed by atoms with Gasteiger partial charge in [0.05, 0.1) is 9.52 Å². The standard InChI is InChI=1S/2C23H27.C12H7Si.2ClH.Zr/c2*1-5-8-19-11-12-20-14-18(13-16(2)3)15-22(20)23(19)21-10-7-6-9-17(21)4;1-3-7-11-9(5-1)10-6-2-4-8-12(10)13-11;;;/h2*6-7,9-12,14-16H,5,8,13H2,1-4H3;1-7H;2*1H;/q3*-1;;;+2/p-2. The number of rotatable bonds is 10. The molecule has 9 rings (SSSR count). The van der Waals surface area contributed by atoms with Crippen LogP contribution in [0.4, 0.5) is 0 Å². The van der Waals surface area contributed by atoms with Crippen LogP contribution < -0.4 is 10.4 Å². The topological polar surface area (TPSA) is 0 Å². The Morgan fingerprint density at radius 1 is 0.565 bits per heavy atom. The fraction of sp³-hybridized carbons (Fsp3) is 0.276. The van der Waals surface area contributed by atoms with Crippen LogP contribution in [0.2, 0.25) is 0 Å². The summed E-state index contributed by atoms with van der Waals surface area (Å²) >= 11 is -0.826. The predicted molar refractivity (Wildman–Crippen MR) is 272 cm³/mol. The van der Waals surface area contributed by atoms with Crippen molar-refractivity contribution in [1.82, 2.24) is 0 Å². The summed E-state index contributed by atoms with van der Waals surface area (Å²) in [5.74, 6) is 1.40. The quantitative estimate of drug-likeness (QED) is 0.0947. The molecular formula is C58H61Cl2SiZr-3. The zero-order chi connectivity index (χ0) is 44.2. The number of fused-ring (bicyclic) bond motifs is 5. The van der Waals surface area contributed by atoms with Gasteiger partial charge in [-0.2, -0.15) is 41.6 Å². The van der Waals surface area contributed by atoms with E-state index in [1.807, 2.05) is 6.07 Å². The monoisotopic (exact) mass is 945 g/mol. The Kier molecular flexibility index (Phi) is 17.9. The molecule has 0 atom stereocenters. The van der Waals surface area contributed by atoms with E-state index >= 15 is 0 Å². The van der Waals surface area contributed by atoms with Crippen molar-refractivity contribution in [2.24, 2.45) is 11.8 Å². The molecule has 318 valence electrons. The predicted octanol–water partition coefficient (Wildman–Crippen LogP) is 15.9. The largest absolute Gasteiger partial charge is 0.184 e. The van der Waals surface area contributed by atoms with Crippen molar-refractivity contribution < 1.29 is 20.8 Å². The molecule has 8 aromatic rings. The van der Waals surface area contributed by atoms with E-state index in [9.17, 15) is 0 Å². The average molecular weight is 948 g/mol. The molecule has 62 heavy (non-hydrogen) atoms. The van der Waals surface area contributed by atoms with E-state index in [0.717, 1.165) is 35.2 Å². The molecule has 0 aromatic heterocycles. The summed E-state index contributed by atoms with van der Waals surface area (Å²) in [5.41, 5.74) is 17.1. The summed E-state index contributed by atoms with van der Waals surface area (Å²) < 4.78 is 0. The van der Waals surface area contributed by atoms with E-state index < -0.39 is 20.8 Å². The zero-order valence-corrected chi connectivity index (χ0v) is 42.9. The first-order valence-corrected chi connectivity index (χ1v) is 29.8. The van der Waals surface area contributed by atoms with Crippen molar-refractivity contribution in [3.05, 3.63) is 179 Å². The minimum absolute atomic E-state index is 0.698. The van der Waals surface area contributed by atoms with Crippen molar-refractivity contribution in [2.45, 2.75) is 93.9 Å². The molecule has 0 fully saturated rings. The molecule has 1 aliphatic rings. The van der Waals surface area contributed by atoms with Crippen molar-refractivity contribution in [3.63, 3.8) is 0 Å². The molecule has 0 N–H and O–H groups in total. The van der Waals surface area contributed by atoms with Crippen molar-refractivity contribution in [1.29, 1.82) is 0 Å². The average Bonchev–Trinajstić information content (AvgIpc) is 3.97. The van der Waals surface area contributed by atoms with Gasteiger partial charge in [-0.25, -0.2) is 0 Å². The van der Waals surface area contributed by atoms with Crippen LogP contribution >= 0.6 is 17.0 Å². The first-order chi connectivity index (χ1) is 30.1. The molecule has 2 radical (unpaired) electrons. The first-order valence-electron chi connectivity index (χ1n) is 22.4. The molecule has 0 aliphatic carbocycles. The van der Waals surface area contributed by atoms with Crippen molar-refractivity contribution >= 4 is 58.5 Å². The van der Waals surface area contributed by atoms with Crippen LogP contribution in [-0.4, -0.2) is 9.52 Å². The molecule has 0 nitrogen and oxygen atoms in total. The van der Waals surface area contributed by atoms with Gasteiger partial charge >= 0.3 is 37.9 Å². The SMILES string of the molecule is CCCc1ccc2[cH-]c(CC(C)C)cc2c1-c1ccccc1C.CCCc1ccc2[cH-]c(CC(C)C)cc2c1-c1ccccc1C.[Cl][Zr][Cl].[c-]1cccc2c1[Si]c1ccccc1-2. The number of hydrogen-bond donors (Lipinski definition) is 0. The van der Waals surface area contributed by atoms with Gasteiger partial charge in [-0.05, 0) is 73.6 Å². The fourth-order valence-electron chi connectivity index (χ4n) is 8.98. The Labute approximate surface area is 394 Å². The van der Waals surface area contributed by atoms with Crippen molar-refractivity contribution in [2.75, 3.05) is 0 Å². The van der Waals surface area contributed by atoms with Gasteiger partial charge in [0.15, 0.2) is 0 Å². The maximum absolute atomic E-state index is 4.93.